The van der Waals surface area contributed by atoms with Crippen molar-refractivity contribution < 1.29 is 14.4 Å². The summed E-state index contributed by atoms with van der Waals surface area (Å²) in [4.78, 5) is 40.8. The van der Waals surface area contributed by atoms with E-state index in [4.69, 9.17) is 23.2 Å². The molecular weight excluding hydrogens is 451 g/mol. The second kappa shape index (κ2) is 10.4. The first-order valence-electron chi connectivity index (χ1n) is 10.7. The maximum atomic E-state index is 13.0. The van der Waals surface area contributed by atoms with E-state index in [9.17, 15) is 19.6 Å². The first kappa shape index (κ1) is 24.1. The first-order valence-corrected chi connectivity index (χ1v) is 11.4. The number of hydrogen-bond donors (Lipinski definition) is 3. The minimum Gasteiger partial charge on any atom is -0.356 e. The van der Waals surface area contributed by atoms with Gasteiger partial charge in [-0.1, -0.05) is 37.0 Å². The fourth-order valence-electron chi connectivity index (χ4n) is 4.08. The Labute approximate surface area is 196 Å². The number of ketones is 1. The van der Waals surface area contributed by atoms with Gasteiger partial charge < -0.3 is 15.6 Å². The Hall–Kier alpha value is -2.56. The SMILES string of the molecule is CC(C)C[C@H](CC(=O)c1cc2c(Cl)cc(Cl)cc2[nH]1)C(=O)N[C@H](C#N)C[C@@H]1CCNC1=O. The van der Waals surface area contributed by atoms with E-state index in [1.807, 2.05) is 13.8 Å². The van der Waals surface area contributed by atoms with Gasteiger partial charge in [0.25, 0.3) is 0 Å². The molecule has 170 valence electrons. The lowest BCUT2D eigenvalue weighted by Crippen LogP contribution is -2.41. The van der Waals surface area contributed by atoms with Crippen molar-refractivity contribution in [1.29, 1.82) is 5.26 Å². The Bertz CT molecular complexity index is 1070. The molecule has 1 fully saturated rings. The minimum absolute atomic E-state index is 0.00967. The molecule has 1 aromatic carbocycles. The summed E-state index contributed by atoms with van der Waals surface area (Å²) in [6.45, 7) is 4.53. The van der Waals surface area contributed by atoms with Gasteiger partial charge in [0.05, 0.1) is 16.8 Å². The summed E-state index contributed by atoms with van der Waals surface area (Å²) in [5, 5.41) is 16.5. The van der Waals surface area contributed by atoms with Crippen LogP contribution < -0.4 is 10.6 Å². The van der Waals surface area contributed by atoms with Crippen LogP contribution in [0.2, 0.25) is 10.0 Å². The molecule has 0 saturated carbocycles. The number of fused-ring (bicyclic) bond motifs is 1. The topological polar surface area (TPSA) is 115 Å². The predicted molar refractivity (Wildman–Crippen MR) is 123 cm³/mol. The summed E-state index contributed by atoms with van der Waals surface area (Å²) >= 11 is 12.3. The number of halogens is 2. The van der Waals surface area contributed by atoms with Gasteiger partial charge >= 0.3 is 0 Å². The summed E-state index contributed by atoms with van der Waals surface area (Å²) in [6, 6.07) is 6.25. The molecule has 2 amide bonds. The number of benzene rings is 1. The molecule has 0 aliphatic carbocycles. The number of hydrogen-bond acceptors (Lipinski definition) is 4. The van der Waals surface area contributed by atoms with E-state index < -0.39 is 12.0 Å². The van der Waals surface area contributed by atoms with Crippen LogP contribution in [0.25, 0.3) is 10.9 Å². The van der Waals surface area contributed by atoms with Crippen molar-refractivity contribution in [1.82, 2.24) is 15.6 Å². The predicted octanol–water partition coefficient (Wildman–Crippen LogP) is 4.24. The van der Waals surface area contributed by atoms with Gasteiger partial charge in [0.2, 0.25) is 11.8 Å². The van der Waals surface area contributed by atoms with Crippen molar-refractivity contribution in [3.05, 3.63) is 33.9 Å². The highest BCUT2D eigenvalue weighted by Crippen LogP contribution is 2.29. The van der Waals surface area contributed by atoms with Gasteiger partial charge in [-0.25, -0.2) is 0 Å². The Morgan fingerprint density at radius 1 is 1.28 bits per heavy atom. The lowest BCUT2D eigenvalue weighted by atomic mass is 9.90. The fraction of sp³-hybridized carbons (Fsp3) is 0.478. The summed E-state index contributed by atoms with van der Waals surface area (Å²) in [6.07, 6.45) is 1.39. The van der Waals surface area contributed by atoms with Crippen LogP contribution in [0, 0.1) is 29.1 Å². The number of H-pyrrole nitrogens is 1. The highest BCUT2D eigenvalue weighted by molar-refractivity contribution is 6.38. The number of Topliss-reactive ketones (excluding diaryl/α,β-unsaturated/α-hetero) is 1. The van der Waals surface area contributed by atoms with E-state index in [1.54, 1.807) is 18.2 Å². The van der Waals surface area contributed by atoms with Crippen LogP contribution in [0.1, 0.15) is 50.0 Å². The van der Waals surface area contributed by atoms with Gasteiger partial charge in [-0.3, -0.25) is 14.4 Å². The third kappa shape index (κ3) is 5.81. The molecule has 32 heavy (non-hydrogen) atoms. The molecule has 3 atom stereocenters. The largest absolute Gasteiger partial charge is 0.356 e. The highest BCUT2D eigenvalue weighted by Gasteiger charge is 2.30. The summed E-state index contributed by atoms with van der Waals surface area (Å²) in [5.74, 6) is -1.37. The van der Waals surface area contributed by atoms with Gasteiger partial charge in [0, 0.05) is 40.7 Å². The lowest BCUT2D eigenvalue weighted by molar-refractivity contribution is -0.127. The number of carbonyl (C=O) groups excluding carboxylic acids is 3. The van der Waals surface area contributed by atoms with E-state index in [0.717, 1.165) is 0 Å². The van der Waals surface area contributed by atoms with Crippen LogP contribution in [-0.4, -0.2) is 35.2 Å². The highest BCUT2D eigenvalue weighted by atomic mass is 35.5. The van der Waals surface area contributed by atoms with Crippen molar-refractivity contribution in [2.45, 2.75) is 45.6 Å². The van der Waals surface area contributed by atoms with Crippen molar-refractivity contribution in [2.75, 3.05) is 6.54 Å². The normalized spacial score (nSPS) is 17.8. The third-order valence-electron chi connectivity index (χ3n) is 5.67. The molecule has 1 aromatic heterocycles. The average molecular weight is 477 g/mol. The number of aromatic nitrogens is 1. The summed E-state index contributed by atoms with van der Waals surface area (Å²) in [5.41, 5.74) is 1.00. The van der Waals surface area contributed by atoms with Gasteiger partial charge in [-0.15, -0.1) is 0 Å². The van der Waals surface area contributed by atoms with E-state index >= 15 is 0 Å². The molecule has 0 spiro atoms. The third-order valence-corrected chi connectivity index (χ3v) is 6.20. The zero-order valence-corrected chi connectivity index (χ0v) is 19.5. The minimum atomic E-state index is -0.782. The van der Waals surface area contributed by atoms with Gasteiger partial charge in [-0.05, 0) is 43.4 Å². The molecule has 0 bridgehead atoms. The maximum Gasteiger partial charge on any atom is 0.224 e. The monoisotopic (exact) mass is 476 g/mol. The fourth-order valence-corrected chi connectivity index (χ4v) is 4.63. The second-order valence-electron chi connectivity index (χ2n) is 8.69. The van der Waals surface area contributed by atoms with E-state index in [-0.39, 0.29) is 42.3 Å². The second-order valence-corrected chi connectivity index (χ2v) is 9.53. The number of nitrogens with one attached hydrogen (secondary N) is 3. The van der Waals surface area contributed by atoms with Gasteiger partial charge in [0.15, 0.2) is 5.78 Å². The van der Waals surface area contributed by atoms with Crippen molar-refractivity contribution in [2.24, 2.45) is 17.8 Å². The Morgan fingerprint density at radius 2 is 2.03 bits per heavy atom. The van der Waals surface area contributed by atoms with Gasteiger partial charge in [-0.2, -0.15) is 5.26 Å². The van der Waals surface area contributed by atoms with Crippen LogP contribution in [0.3, 0.4) is 0 Å². The standard InChI is InChI=1S/C23H26Cl2N4O3/c1-12(2)5-14(23(32)28-16(11-26)6-13-3-4-27-22(13)31)7-21(30)20-10-17-18(25)8-15(24)9-19(17)29-20/h8-10,12-14,16,29H,3-7H2,1-2H3,(H,27,31)(H,28,32)/t13-,14+,16-/m0/s1. The molecule has 3 N–H and O–H groups in total. The average Bonchev–Trinajstić information content (AvgIpc) is 3.32. The van der Waals surface area contributed by atoms with Gasteiger partial charge in [0.1, 0.15) is 6.04 Å². The van der Waals surface area contributed by atoms with Crippen molar-refractivity contribution in [3.63, 3.8) is 0 Å². The molecule has 2 aromatic rings. The molecule has 7 nitrogen and oxygen atoms in total. The Balaban J connectivity index is 1.72. The Morgan fingerprint density at radius 3 is 2.66 bits per heavy atom. The van der Waals surface area contributed by atoms with Crippen LogP contribution in [-0.2, 0) is 9.59 Å². The smallest absolute Gasteiger partial charge is 0.224 e. The quantitative estimate of drug-likeness (QED) is 0.469. The van der Waals surface area contributed by atoms with E-state index in [1.165, 1.54) is 0 Å². The van der Waals surface area contributed by atoms with E-state index in [2.05, 4.69) is 21.7 Å². The molecule has 9 heteroatoms. The summed E-state index contributed by atoms with van der Waals surface area (Å²) < 4.78 is 0. The maximum absolute atomic E-state index is 13.0. The zero-order valence-electron chi connectivity index (χ0n) is 18.0. The van der Waals surface area contributed by atoms with Crippen LogP contribution >= 0.6 is 23.2 Å². The molecule has 2 heterocycles. The molecule has 3 rings (SSSR count). The zero-order chi connectivity index (χ0) is 23.4. The van der Waals surface area contributed by atoms with Crippen LogP contribution in [0.15, 0.2) is 18.2 Å². The molecule has 1 saturated heterocycles. The number of rotatable bonds is 9. The number of amides is 2. The van der Waals surface area contributed by atoms with Crippen LogP contribution in [0.5, 0.6) is 0 Å². The Kier molecular flexibility index (Phi) is 7.81. The molecule has 0 unspecified atom stereocenters. The van der Waals surface area contributed by atoms with Crippen molar-refractivity contribution in [3.8, 4) is 6.07 Å². The van der Waals surface area contributed by atoms with Crippen molar-refractivity contribution >= 4 is 51.7 Å². The number of carbonyl (C=O) groups is 3. The molecular formula is C23H26Cl2N4O3. The number of nitriles is 1. The lowest BCUT2D eigenvalue weighted by Gasteiger charge is -2.21. The number of nitrogens with zero attached hydrogens (tertiary/aromatic N) is 1. The van der Waals surface area contributed by atoms with Crippen LogP contribution in [0.4, 0.5) is 0 Å². The van der Waals surface area contributed by atoms with E-state index in [0.29, 0.717) is 46.0 Å². The molecule has 1 aliphatic rings. The molecule has 1 aliphatic heterocycles. The molecule has 0 radical (unpaired) electrons. The summed E-state index contributed by atoms with van der Waals surface area (Å²) in [7, 11) is 0. The first-order chi connectivity index (χ1) is 15.2. The number of aromatic amines is 1.